The second-order valence-corrected chi connectivity index (χ2v) is 7.78. The van der Waals surface area contributed by atoms with Gasteiger partial charge in [0.05, 0.1) is 13.2 Å². The van der Waals surface area contributed by atoms with E-state index in [-0.39, 0.29) is 37.4 Å². The zero-order valence-corrected chi connectivity index (χ0v) is 18.6. The maximum Gasteiger partial charge on any atom is 0.165 e. The van der Waals surface area contributed by atoms with E-state index in [9.17, 15) is 8.78 Å². The molecule has 3 aromatic rings. The SMILES string of the molecule is CC(CNCCO)COc1ccc(OCc2ccc(F)cc2)c(OCc2ccc(F)cc2)c1. The molecular weight excluding hydrogens is 428 g/mol. The first-order valence-electron chi connectivity index (χ1n) is 10.9. The summed E-state index contributed by atoms with van der Waals surface area (Å²) in [6, 6.07) is 17.5. The van der Waals surface area contributed by atoms with Crippen LogP contribution in [0.2, 0.25) is 0 Å². The lowest BCUT2D eigenvalue weighted by molar-refractivity contribution is 0.237. The van der Waals surface area contributed by atoms with E-state index in [1.54, 1.807) is 42.5 Å². The molecule has 0 aliphatic rings. The molecule has 0 aliphatic heterocycles. The van der Waals surface area contributed by atoms with Crippen LogP contribution >= 0.6 is 0 Å². The highest BCUT2D eigenvalue weighted by Crippen LogP contribution is 2.33. The van der Waals surface area contributed by atoms with Crippen molar-refractivity contribution in [3.63, 3.8) is 0 Å². The van der Waals surface area contributed by atoms with Crippen LogP contribution in [0.4, 0.5) is 8.78 Å². The lowest BCUT2D eigenvalue weighted by Gasteiger charge is -2.17. The number of halogens is 2. The fourth-order valence-electron chi connectivity index (χ4n) is 3.02. The van der Waals surface area contributed by atoms with Crippen LogP contribution in [-0.2, 0) is 13.2 Å². The second-order valence-electron chi connectivity index (χ2n) is 7.78. The fourth-order valence-corrected chi connectivity index (χ4v) is 3.02. The van der Waals surface area contributed by atoms with Crippen LogP contribution in [-0.4, -0.2) is 31.4 Å². The average Bonchev–Trinajstić information content (AvgIpc) is 2.83. The summed E-state index contributed by atoms with van der Waals surface area (Å²) in [7, 11) is 0. The van der Waals surface area contributed by atoms with Crippen molar-refractivity contribution in [2.24, 2.45) is 5.92 Å². The number of aliphatic hydroxyl groups excluding tert-OH is 1. The van der Waals surface area contributed by atoms with Crippen molar-refractivity contribution in [2.45, 2.75) is 20.1 Å². The lowest BCUT2D eigenvalue weighted by atomic mass is 10.2. The Balaban J connectivity index is 1.67. The minimum Gasteiger partial charge on any atom is -0.493 e. The third-order valence-electron chi connectivity index (χ3n) is 4.85. The Hall–Kier alpha value is -3.16. The Morgan fingerprint density at radius 2 is 1.36 bits per heavy atom. The summed E-state index contributed by atoms with van der Waals surface area (Å²) in [4.78, 5) is 0. The molecule has 0 bridgehead atoms. The molecule has 33 heavy (non-hydrogen) atoms. The van der Waals surface area contributed by atoms with Crippen LogP contribution in [0.5, 0.6) is 17.2 Å². The molecule has 176 valence electrons. The molecule has 0 fully saturated rings. The molecule has 0 saturated heterocycles. The molecule has 7 heteroatoms. The van der Waals surface area contributed by atoms with Crippen molar-refractivity contribution in [1.29, 1.82) is 0 Å². The smallest absolute Gasteiger partial charge is 0.165 e. The molecule has 0 amide bonds. The highest BCUT2D eigenvalue weighted by molar-refractivity contribution is 5.46. The van der Waals surface area contributed by atoms with Crippen molar-refractivity contribution < 1.29 is 28.1 Å². The number of ether oxygens (including phenoxy) is 3. The van der Waals surface area contributed by atoms with Gasteiger partial charge in [-0.25, -0.2) is 8.78 Å². The van der Waals surface area contributed by atoms with Gasteiger partial charge < -0.3 is 24.6 Å². The van der Waals surface area contributed by atoms with E-state index in [0.717, 1.165) is 17.7 Å². The summed E-state index contributed by atoms with van der Waals surface area (Å²) in [6.45, 7) is 4.40. The van der Waals surface area contributed by atoms with Crippen molar-refractivity contribution >= 4 is 0 Å². The zero-order chi connectivity index (χ0) is 23.5. The molecule has 0 saturated carbocycles. The van der Waals surface area contributed by atoms with Gasteiger partial charge in [-0.15, -0.1) is 0 Å². The summed E-state index contributed by atoms with van der Waals surface area (Å²) in [5.74, 6) is 1.28. The van der Waals surface area contributed by atoms with Gasteiger partial charge in [0.2, 0.25) is 0 Å². The van der Waals surface area contributed by atoms with Crippen LogP contribution in [0.15, 0.2) is 66.7 Å². The Kier molecular flexibility index (Phi) is 9.47. The van der Waals surface area contributed by atoms with Crippen LogP contribution in [0.1, 0.15) is 18.1 Å². The van der Waals surface area contributed by atoms with Crippen LogP contribution in [0.3, 0.4) is 0 Å². The summed E-state index contributed by atoms with van der Waals surface area (Å²) in [5, 5.41) is 12.0. The van der Waals surface area contributed by atoms with Gasteiger partial charge in [0.15, 0.2) is 11.5 Å². The van der Waals surface area contributed by atoms with Crippen molar-refractivity contribution in [1.82, 2.24) is 5.32 Å². The number of rotatable bonds is 13. The molecular formula is C26H29F2NO4. The first-order valence-corrected chi connectivity index (χ1v) is 10.9. The summed E-state index contributed by atoms with van der Waals surface area (Å²) in [5.41, 5.74) is 1.64. The predicted octanol–water partition coefficient (Wildman–Crippen LogP) is 4.72. The highest BCUT2D eigenvalue weighted by atomic mass is 19.1. The van der Waals surface area contributed by atoms with Crippen LogP contribution in [0, 0.1) is 17.6 Å². The third-order valence-corrected chi connectivity index (χ3v) is 4.85. The molecule has 0 aliphatic carbocycles. The van der Waals surface area contributed by atoms with E-state index in [1.807, 2.05) is 0 Å². The summed E-state index contributed by atoms with van der Waals surface area (Å²) in [6.07, 6.45) is 0. The fraction of sp³-hybridized carbons (Fsp3) is 0.308. The highest BCUT2D eigenvalue weighted by Gasteiger charge is 2.11. The Bertz CT molecular complexity index is 981. The second kappa shape index (κ2) is 12.8. The largest absolute Gasteiger partial charge is 0.493 e. The minimum atomic E-state index is -0.305. The van der Waals surface area contributed by atoms with E-state index in [4.69, 9.17) is 19.3 Å². The first kappa shape index (κ1) is 24.5. The Labute approximate surface area is 192 Å². The van der Waals surface area contributed by atoms with E-state index in [0.29, 0.717) is 30.4 Å². The van der Waals surface area contributed by atoms with E-state index < -0.39 is 0 Å². The molecule has 0 radical (unpaired) electrons. The topological polar surface area (TPSA) is 60.0 Å². The van der Waals surface area contributed by atoms with Gasteiger partial charge in [-0.3, -0.25) is 0 Å². The molecule has 0 aromatic heterocycles. The first-order chi connectivity index (χ1) is 16.0. The van der Waals surface area contributed by atoms with E-state index in [1.165, 1.54) is 24.3 Å². The molecule has 0 spiro atoms. The molecule has 1 atom stereocenters. The van der Waals surface area contributed by atoms with Gasteiger partial charge >= 0.3 is 0 Å². The lowest BCUT2D eigenvalue weighted by Crippen LogP contribution is -2.27. The van der Waals surface area contributed by atoms with E-state index in [2.05, 4.69) is 12.2 Å². The van der Waals surface area contributed by atoms with E-state index >= 15 is 0 Å². The van der Waals surface area contributed by atoms with Crippen molar-refractivity contribution in [2.75, 3.05) is 26.3 Å². The third kappa shape index (κ3) is 8.36. The van der Waals surface area contributed by atoms with Crippen molar-refractivity contribution in [3.8, 4) is 17.2 Å². The zero-order valence-electron chi connectivity index (χ0n) is 18.6. The maximum absolute atomic E-state index is 13.2. The van der Waals surface area contributed by atoms with Gasteiger partial charge in [-0.05, 0) is 47.5 Å². The van der Waals surface area contributed by atoms with Gasteiger partial charge in [-0.2, -0.15) is 0 Å². The molecule has 3 rings (SSSR count). The quantitative estimate of drug-likeness (QED) is 0.364. The number of hydrogen-bond donors (Lipinski definition) is 2. The molecule has 1 unspecified atom stereocenters. The number of nitrogens with one attached hydrogen (secondary N) is 1. The Morgan fingerprint density at radius 1 is 0.788 bits per heavy atom. The van der Waals surface area contributed by atoms with Gasteiger partial charge in [0, 0.05) is 25.1 Å². The Morgan fingerprint density at radius 3 is 1.94 bits per heavy atom. The number of hydrogen-bond acceptors (Lipinski definition) is 5. The van der Waals surface area contributed by atoms with Crippen molar-refractivity contribution in [3.05, 3.63) is 89.5 Å². The monoisotopic (exact) mass is 457 g/mol. The van der Waals surface area contributed by atoms with Gasteiger partial charge in [0.25, 0.3) is 0 Å². The average molecular weight is 458 g/mol. The molecule has 5 nitrogen and oxygen atoms in total. The van der Waals surface area contributed by atoms with Crippen LogP contribution in [0.25, 0.3) is 0 Å². The van der Waals surface area contributed by atoms with Gasteiger partial charge in [-0.1, -0.05) is 31.2 Å². The molecule has 3 aromatic carbocycles. The van der Waals surface area contributed by atoms with Crippen LogP contribution < -0.4 is 19.5 Å². The summed E-state index contributed by atoms with van der Waals surface area (Å²) < 4.78 is 44.1. The standard InChI is InChI=1S/C26H29F2NO4/c1-19(15-29-12-13-30)16-31-24-10-11-25(32-17-20-2-6-22(27)7-3-20)26(14-24)33-18-21-4-8-23(28)9-5-21/h2-11,14,19,29-30H,12-13,15-18H2,1H3. The summed E-state index contributed by atoms with van der Waals surface area (Å²) >= 11 is 0. The molecule has 0 heterocycles. The molecule has 2 N–H and O–H groups in total. The number of aliphatic hydroxyl groups is 1. The maximum atomic E-state index is 13.2. The predicted molar refractivity (Wildman–Crippen MR) is 123 cm³/mol. The number of benzene rings is 3. The normalized spacial score (nSPS) is 11.8. The minimum absolute atomic E-state index is 0.0989. The van der Waals surface area contributed by atoms with Gasteiger partial charge in [0.1, 0.15) is 30.6 Å².